The molecule has 0 atom stereocenters. The minimum atomic E-state index is 0.289. The summed E-state index contributed by atoms with van der Waals surface area (Å²) in [5.41, 5.74) is 0.689. The Morgan fingerprint density at radius 2 is 1.94 bits per heavy atom. The summed E-state index contributed by atoms with van der Waals surface area (Å²) in [6.45, 7) is 0. The Hall–Kier alpha value is -1.14. The highest BCUT2D eigenvalue weighted by molar-refractivity contribution is 7.98. The number of hydrogen-bond donors (Lipinski definition) is 0. The third-order valence-electron chi connectivity index (χ3n) is 3.42. The van der Waals surface area contributed by atoms with E-state index in [1.807, 2.05) is 24.5 Å². The lowest BCUT2D eigenvalue weighted by atomic mass is 10.1. The van der Waals surface area contributed by atoms with Crippen molar-refractivity contribution in [1.29, 1.82) is 5.26 Å². The second kappa shape index (κ2) is 6.70. The summed E-state index contributed by atoms with van der Waals surface area (Å²) in [5, 5.41) is 9.27. The van der Waals surface area contributed by atoms with Crippen LogP contribution in [0.15, 0.2) is 23.1 Å². The number of ether oxygens (including phenoxy) is 1. The lowest BCUT2D eigenvalue weighted by molar-refractivity contribution is 0.183. The average molecular weight is 261 g/mol. The SMILES string of the molecule is CSc1cccc(OC2CCCCCC2)c1C#N. The van der Waals surface area contributed by atoms with Crippen LogP contribution < -0.4 is 4.74 Å². The molecule has 0 saturated heterocycles. The standard InChI is InChI=1S/C15H19NOS/c1-18-15-10-6-9-14(13(15)11-16)17-12-7-4-2-3-5-8-12/h6,9-10,12H,2-5,7-8H2,1H3. The zero-order chi connectivity index (χ0) is 12.8. The van der Waals surface area contributed by atoms with Gasteiger partial charge in [-0.3, -0.25) is 0 Å². The zero-order valence-electron chi connectivity index (χ0n) is 10.8. The number of nitrogens with zero attached hydrogens (tertiary/aromatic N) is 1. The molecule has 0 amide bonds. The minimum absolute atomic E-state index is 0.289. The molecule has 0 spiro atoms. The van der Waals surface area contributed by atoms with Gasteiger partial charge < -0.3 is 4.74 Å². The molecule has 0 aliphatic heterocycles. The summed E-state index contributed by atoms with van der Waals surface area (Å²) in [5.74, 6) is 0.760. The molecular weight excluding hydrogens is 242 g/mol. The molecule has 2 rings (SSSR count). The molecule has 1 aromatic rings. The van der Waals surface area contributed by atoms with E-state index < -0.39 is 0 Å². The largest absolute Gasteiger partial charge is 0.489 e. The first kappa shape index (κ1) is 13.3. The van der Waals surface area contributed by atoms with Crippen molar-refractivity contribution in [1.82, 2.24) is 0 Å². The van der Waals surface area contributed by atoms with Crippen LogP contribution in [0.3, 0.4) is 0 Å². The fourth-order valence-electron chi connectivity index (χ4n) is 2.43. The van der Waals surface area contributed by atoms with Crippen LogP contribution in [0.1, 0.15) is 44.1 Å². The molecule has 1 aliphatic carbocycles. The maximum absolute atomic E-state index is 9.27. The van der Waals surface area contributed by atoms with Gasteiger partial charge in [0.25, 0.3) is 0 Å². The topological polar surface area (TPSA) is 33.0 Å². The van der Waals surface area contributed by atoms with Crippen molar-refractivity contribution in [3.05, 3.63) is 23.8 Å². The third-order valence-corrected chi connectivity index (χ3v) is 4.20. The van der Waals surface area contributed by atoms with E-state index >= 15 is 0 Å². The van der Waals surface area contributed by atoms with E-state index in [0.717, 1.165) is 23.5 Å². The first-order valence-electron chi connectivity index (χ1n) is 6.59. The van der Waals surface area contributed by atoms with Gasteiger partial charge in [0.1, 0.15) is 17.4 Å². The summed E-state index contributed by atoms with van der Waals surface area (Å²) in [4.78, 5) is 1.00. The van der Waals surface area contributed by atoms with Crippen LogP contribution in [-0.4, -0.2) is 12.4 Å². The van der Waals surface area contributed by atoms with Gasteiger partial charge in [-0.1, -0.05) is 18.9 Å². The van der Waals surface area contributed by atoms with E-state index in [4.69, 9.17) is 4.74 Å². The van der Waals surface area contributed by atoms with Crippen LogP contribution in [0.25, 0.3) is 0 Å². The van der Waals surface area contributed by atoms with E-state index in [9.17, 15) is 5.26 Å². The Bertz CT molecular complexity index is 431. The maximum atomic E-state index is 9.27. The second-order valence-electron chi connectivity index (χ2n) is 4.68. The number of nitriles is 1. The smallest absolute Gasteiger partial charge is 0.138 e. The first-order chi connectivity index (χ1) is 8.85. The van der Waals surface area contributed by atoms with Crippen LogP contribution in [0.5, 0.6) is 5.75 Å². The van der Waals surface area contributed by atoms with Crippen molar-refractivity contribution >= 4 is 11.8 Å². The van der Waals surface area contributed by atoms with E-state index in [1.54, 1.807) is 11.8 Å². The number of benzene rings is 1. The van der Waals surface area contributed by atoms with E-state index in [2.05, 4.69) is 6.07 Å². The van der Waals surface area contributed by atoms with Crippen molar-refractivity contribution in [3.8, 4) is 11.8 Å². The Balaban J connectivity index is 2.15. The Kier molecular flexibility index (Phi) is 4.95. The summed E-state index contributed by atoms with van der Waals surface area (Å²) >= 11 is 1.60. The zero-order valence-corrected chi connectivity index (χ0v) is 11.6. The highest BCUT2D eigenvalue weighted by Gasteiger charge is 2.16. The molecule has 2 nitrogen and oxygen atoms in total. The normalized spacial score (nSPS) is 16.9. The lowest BCUT2D eigenvalue weighted by Crippen LogP contribution is -2.15. The van der Waals surface area contributed by atoms with Crippen LogP contribution in [0.2, 0.25) is 0 Å². The molecule has 0 N–H and O–H groups in total. The number of hydrogen-bond acceptors (Lipinski definition) is 3. The Morgan fingerprint density at radius 3 is 2.56 bits per heavy atom. The predicted molar refractivity (Wildman–Crippen MR) is 75.1 cm³/mol. The minimum Gasteiger partial charge on any atom is -0.489 e. The van der Waals surface area contributed by atoms with Crippen LogP contribution in [0.4, 0.5) is 0 Å². The molecule has 96 valence electrons. The fourth-order valence-corrected chi connectivity index (χ4v) is 2.99. The van der Waals surface area contributed by atoms with Gasteiger partial charge in [0, 0.05) is 4.90 Å². The molecule has 1 aromatic carbocycles. The van der Waals surface area contributed by atoms with Gasteiger partial charge in [0.05, 0.1) is 6.10 Å². The van der Waals surface area contributed by atoms with Crippen LogP contribution in [-0.2, 0) is 0 Å². The quantitative estimate of drug-likeness (QED) is 0.598. The molecule has 1 aliphatic rings. The van der Waals surface area contributed by atoms with Crippen molar-refractivity contribution in [2.75, 3.05) is 6.26 Å². The molecule has 1 fully saturated rings. The van der Waals surface area contributed by atoms with Gasteiger partial charge in [0.2, 0.25) is 0 Å². The molecule has 1 saturated carbocycles. The van der Waals surface area contributed by atoms with Crippen molar-refractivity contribution < 1.29 is 4.74 Å². The van der Waals surface area contributed by atoms with E-state index in [0.29, 0.717) is 5.56 Å². The third kappa shape index (κ3) is 3.20. The molecule has 18 heavy (non-hydrogen) atoms. The Labute approximate surface area is 113 Å². The molecule has 0 aromatic heterocycles. The van der Waals surface area contributed by atoms with Gasteiger partial charge in [-0.05, 0) is 44.1 Å². The average Bonchev–Trinajstić information content (AvgIpc) is 2.67. The van der Waals surface area contributed by atoms with E-state index in [1.165, 1.54) is 25.7 Å². The van der Waals surface area contributed by atoms with Crippen molar-refractivity contribution in [2.24, 2.45) is 0 Å². The van der Waals surface area contributed by atoms with E-state index in [-0.39, 0.29) is 6.10 Å². The summed E-state index contributed by atoms with van der Waals surface area (Å²) in [7, 11) is 0. The summed E-state index contributed by atoms with van der Waals surface area (Å²) in [6, 6.07) is 8.14. The summed E-state index contributed by atoms with van der Waals surface area (Å²) < 4.78 is 6.06. The molecule has 0 unspecified atom stereocenters. The molecule has 0 bridgehead atoms. The first-order valence-corrected chi connectivity index (χ1v) is 7.81. The Morgan fingerprint density at radius 1 is 1.22 bits per heavy atom. The number of thioether (sulfide) groups is 1. The molecule has 3 heteroatoms. The molecule has 0 heterocycles. The van der Waals surface area contributed by atoms with Gasteiger partial charge in [0.15, 0.2) is 0 Å². The summed E-state index contributed by atoms with van der Waals surface area (Å²) in [6.07, 6.45) is 9.64. The van der Waals surface area contributed by atoms with Gasteiger partial charge in [-0.25, -0.2) is 0 Å². The molecule has 0 radical (unpaired) electrons. The highest BCUT2D eigenvalue weighted by Crippen LogP contribution is 2.30. The van der Waals surface area contributed by atoms with Crippen LogP contribution >= 0.6 is 11.8 Å². The fraction of sp³-hybridized carbons (Fsp3) is 0.533. The number of rotatable bonds is 3. The lowest BCUT2D eigenvalue weighted by Gasteiger charge is -2.18. The van der Waals surface area contributed by atoms with Gasteiger partial charge in [-0.2, -0.15) is 5.26 Å². The highest BCUT2D eigenvalue weighted by atomic mass is 32.2. The second-order valence-corrected chi connectivity index (χ2v) is 5.52. The monoisotopic (exact) mass is 261 g/mol. The maximum Gasteiger partial charge on any atom is 0.138 e. The predicted octanol–water partition coefficient (Wildman–Crippen LogP) is 4.38. The molecular formula is C15H19NOS. The van der Waals surface area contributed by atoms with Crippen molar-refractivity contribution in [3.63, 3.8) is 0 Å². The van der Waals surface area contributed by atoms with Crippen LogP contribution in [0, 0.1) is 11.3 Å². The van der Waals surface area contributed by atoms with Gasteiger partial charge >= 0.3 is 0 Å². The van der Waals surface area contributed by atoms with Crippen molar-refractivity contribution in [2.45, 2.75) is 49.5 Å². The van der Waals surface area contributed by atoms with Gasteiger partial charge in [-0.15, -0.1) is 11.8 Å².